The number of sulfone groups is 1. The lowest BCUT2D eigenvalue weighted by atomic mass is 10.2. The van der Waals surface area contributed by atoms with Crippen molar-refractivity contribution < 1.29 is 18.3 Å². The van der Waals surface area contributed by atoms with Crippen LogP contribution in [0.25, 0.3) is 0 Å². The van der Waals surface area contributed by atoms with E-state index >= 15 is 0 Å². The van der Waals surface area contributed by atoms with Crippen molar-refractivity contribution in [1.29, 1.82) is 0 Å². The summed E-state index contributed by atoms with van der Waals surface area (Å²) in [6.45, 7) is 3.08. The van der Waals surface area contributed by atoms with E-state index in [1.807, 2.05) is 19.0 Å². The highest BCUT2D eigenvalue weighted by molar-refractivity contribution is 7.93. The molecule has 0 aromatic heterocycles. The zero-order chi connectivity index (χ0) is 12.3. The maximum Gasteiger partial charge on any atom is 0.324 e. The van der Waals surface area contributed by atoms with E-state index in [0.29, 0.717) is 13.0 Å². The highest BCUT2D eigenvalue weighted by atomic mass is 32.2. The number of carbonyl (C=O) groups is 1. The fraction of sp³-hybridized carbons (Fsp3) is 0.889. The van der Waals surface area contributed by atoms with Gasteiger partial charge >= 0.3 is 5.97 Å². The van der Waals surface area contributed by atoms with Crippen molar-refractivity contribution in [2.24, 2.45) is 0 Å². The fourth-order valence-electron chi connectivity index (χ4n) is 0.959. The monoisotopic (exact) mass is 237 g/mol. The van der Waals surface area contributed by atoms with Crippen molar-refractivity contribution in [1.82, 2.24) is 4.90 Å². The van der Waals surface area contributed by atoms with Crippen molar-refractivity contribution in [2.75, 3.05) is 26.4 Å². The van der Waals surface area contributed by atoms with Gasteiger partial charge in [-0.1, -0.05) is 0 Å². The molecular weight excluding hydrogens is 218 g/mol. The van der Waals surface area contributed by atoms with Crippen molar-refractivity contribution in [3.63, 3.8) is 0 Å². The molecule has 0 aromatic rings. The molecule has 0 aliphatic rings. The number of nitrogens with zero attached hydrogens (tertiary/aromatic N) is 1. The summed E-state index contributed by atoms with van der Waals surface area (Å²) in [4.78, 5) is 12.6. The zero-order valence-corrected chi connectivity index (χ0v) is 10.5. The molecule has 0 aromatic carbocycles. The molecule has 90 valence electrons. The van der Waals surface area contributed by atoms with Crippen LogP contribution in [-0.4, -0.2) is 55.5 Å². The third kappa shape index (κ3) is 3.79. The van der Waals surface area contributed by atoms with E-state index in [4.69, 9.17) is 5.11 Å². The molecule has 0 rings (SSSR count). The minimum atomic E-state index is -3.58. The lowest BCUT2D eigenvalue weighted by Crippen LogP contribution is -2.42. The van der Waals surface area contributed by atoms with Crippen LogP contribution < -0.4 is 0 Å². The summed E-state index contributed by atoms with van der Waals surface area (Å²) < 4.78 is 21.7. The molecule has 1 N–H and O–H groups in total. The summed E-state index contributed by atoms with van der Waals surface area (Å²) in [5.41, 5.74) is 0. The molecule has 0 amide bonds. The van der Waals surface area contributed by atoms with Gasteiger partial charge in [0.15, 0.2) is 14.6 Å². The van der Waals surface area contributed by atoms with Gasteiger partial charge in [0.25, 0.3) is 0 Å². The van der Waals surface area contributed by atoms with Gasteiger partial charge in [0.1, 0.15) is 0 Å². The summed E-state index contributed by atoms with van der Waals surface area (Å²) >= 11 is 0. The third-order valence-electron chi connectivity index (χ3n) is 2.31. The second kappa shape index (κ2) is 4.94. The first-order valence-corrected chi connectivity index (χ1v) is 6.37. The van der Waals surface area contributed by atoms with Gasteiger partial charge in [0, 0.05) is 0 Å². The average Bonchev–Trinajstić information content (AvgIpc) is 2.02. The maximum atomic E-state index is 11.7. The Morgan fingerprint density at radius 3 is 2.13 bits per heavy atom. The largest absolute Gasteiger partial charge is 0.480 e. The van der Waals surface area contributed by atoms with Crippen LogP contribution in [0.3, 0.4) is 0 Å². The van der Waals surface area contributed by atoms with Gasteiger partial charge in [0.2, 0.25) is 0 Å². The first-order chi connectivity index (χ1) is 6.61. The lowest BCUT2D eigenvalue weighted by Gasteiger charge is -2.20. The van der Waals surface area contributed by atoms with E-state index in [1.54, 1.807) is 0 Å². The van der Waals surface area contributed by atoms with Gasteiger partial charge in [-0.05, 0) is 40.9 Å². The molecule has 0 heterocycles. The minimum Gasteiger partial charge on any atom is -0.480 e. The Kier molecular flexibility index (Phi) is 4.73. The van der Waals surface area contributed by atoms with Gasteiger partial charge in [-0.15, -0.1) is 0 Å². The number of hydrogen-bond donors (Lipinski definition) is 1. The summed E-state index contributed by atoms with van der Waals surface area (Å²) in [5.74, 6) is -1.39. The Labute approximate surface area is 91.0 Å². The fourth-order valence-corrected chi connectivity index (χ4v) is 2.24. The molecule has 0 saturated heterocycles. The van der Waals surface area contributed by atoms with E-state index in [2.05, 4.69) is 0 Å². The minimum absolute atomic E-state index is 0.0928. The van der Waals surface area contributed by atoms with E-state index in [0.717, 1.165) is 0 Å². The Morgan fingerprint density at radius 1 is 1.33 bits per heavy atom. The van der Waals surface area contributed by atoms with E-state index in [1.165, 1.54) is 13.8 Å². The van der Waals surface area contributed by atoms with Crippen LogP contribution in [0.1, 0.15) is 20.3 Å². The van der Waals surface area contributed by atoms with Crippen LogP contribution in [0, 0.1) is 0 Å². The average molecular weight is 237 g/mol. The zero-order valence-electron chi connectivity index (χ0n) is 9.65. The first kappa shape index (κ1) is 14.4. The van der Waals surface area contributed by atoms with E-state index in [-0.39, 0.29) is 5.75 Å². The molecule has 0 unspecified atom stereocenters. The molecule has 0 bridgehead atoms. The van der Waals surface area contributed by atoms with Crippen LogP contribution in [0.2, 0.25) is 0 Å². The molecule has 0 spiro atoms. The SMILES string of the molecule is CN(C)CCCS(=O)(=O)C(C)(C)C(=O)O. The predicted molar refractivity (Wildman–Crippen MR) is 58.7 cm³/mol. The third-order valence-corrected chi connectivity index (χ3v) is 4.87. The lowest BCUT2D eigenvalue weighted by molar-refractivity contribution is -0.139. The molecule has 0 aliphatic heterocycles. The summed E-state index contributed by atoms with van der Waals surface area (Å²) in [5, 5.41) is 8.80. The van der Waals surface area contributed by atoms with E-state index < -0.39 is 20.6 Å². The topological polar surface area (TPSA) is 74.7 Å². The van der Waals surface area contributed by atoms with Gasteiger partial charge < -0.3 is 10.0 Å². The summed E-state index contributed by atoms with van der Waals surface area (Å²) in [7, 11) is 0.103. The number of rotatable bonds is 6. The molecule has 0 fully saturated rings. The molecule has 0 atom stereocenters. The first-order valence-electron chi connectivity index (χ1n) is 4.71. The predicted octanol–water partition coefficient (Wildman–Crippen LogP) is 0.216. The van der Waals surface area contributed by atoms with Crippen LogP contribution in [0.5, 0.6) is 0 Å². The number of carboxylic acid groups (broad SMARTS) is 1. The molecule has 5 nitrogen and oxygen atoms in total. The van der Waals surface area contributed by atoms with Gasteiger partial charge in [0.05, 0.1) is 5.75 Å². The molecular formula is C9H19NO4S. The van der Waals surface area contributed by atoms with Crippen LogP contribution in [0.15, 0.2) is 0 Å². The molecule has 0 saturated carbocycles. The quantitative estimate of drug-likeness (QED) is 0.715. The number of hydrogen-bond acceptors (Lipinski definition) is 4. The molecule has 6 heteroatoms. The van der Waals surface area contributed by atoms with Gasteiger partial charge in [-0.2, -0.15) is 0 Å². The molecule has 0 radical (unpaired) electrons. The smallest absolute Gasteiger partial charge is 0.324 e. The molecule has 15 heavy (non-hydrogen) atoms. The molecule has 0 aliphatic carbocycles. The van der Waals surface area contributed by atoms with Gasteiger partial charge in [-0.25, -0.2) is 8.42 Å². The van der Waals surface area contributed by atoms with Crippen molar-refractivity contribution in [3.8, 4) is 0 Å². The Bertz CT molecular complexity index is 319. The van der Waals surface area contributed by atoms with Crippen LogP contribution in [-0.2, 0) is 14.6 Å². The second-order valence-corrected chi connectivity index (χ2v) is 6.95. The van der Waals surface area contributed by atoms with Crippen molar-refractivity contribution in [3.05, 3.63) is 0 Å². The normalized spacial score (nSPS) is 13.1. The van der Waals surface area contributed by atoms with Crippen molar-refractivity contribution in [2.45, 2.75) is 25.0 Å². The Balaban J connectivity index is 4.50. The standard InChI is InChI=1S/C9H19NO4S/c1-9(2,8(11)12)15(13,14)7-5-6-10(3)4/h5-7H2,1-4H3,(H,11,12). The highest BCUT2D eigenvalue weighted by Gasteiger charge is 2.41. The van der Waals surface area contributed by atoms with Crippen molar-refractivity contribution >= 4 is 15.8 Å². The summed E-state index contributed by atoms with van der Waals surface area (Å²) in [6.07, 6.45) is 0.450. The van der Waals surface area contributed by atoms with Crippen LogP contribution in [0.4, 0.5) is 0 Å². The highest BCUT2D eigenvalue weighted by Crippen LogP contribution is 2.18. The Morgan fingerprint density at radius 2 is 1.80 bits per heavy atom. The number of carboxylic acids is 1. The summed E-state index contributed by atoms with van der Waals surface area (Å²) in [6, 6.07) is 0. The van der Waals surface area contributed by atoms with Crippen LogP contribution >= 0.6 is 0 Å². The van der Waals surface area contributed by atoms with Gasteiger partial charge in [-0.3, -0.25) is 4.79 Å². The number of aliphatic carboxylic acids is 1. The maximum absolute atomic E-state index is 11.7. The van der Waals surface area contributed by atoms with E-state index in [9.17, 15) is 13.2 Å². The Hall–Kier alpha value is -0.620. The second-order valence-electron chi connectivity index (χ2n) is 4.29.